The molecule has 0 atom stereocenters. The molecule has 4 nitrogen and oxygen atoms in total. The SMILES string of the molecule is C=Cc1ccc(CO[Si](OC)(OC)O[Si])cc1. The molecule has 0 aromatic heterocycles. The molecule has 0 heterocycles. The minimum Gasteiger partial charge on any atom is -0.394 e. The van der Waals surface area contributed by atoms with Crippen molar-refractivity contribution in [2.24, 2.45) is 0 Å². The van der Waals surface area contributed by atoms with E-state index in [-0.39, 0.29) is 0 Å². The summed E-state index contributed by atoms with van der Waals surface area (Å²) >= 11 is 0. The van der Waals surface area contributed by atoms with E-state index >= 15 is 0 Å². The standard InChI is InChI=1S/C11H15O4Si2/c1-4-10-5-7-11(8-6-10)9-14-17(12-2,13-3)15-16/h4-8H,1,9H2,2-3H3. The van der Waals surface area contributed by atoms with Gasteiger partial charge in [0.05, 0.1) is 6.61 Å². The Morgan fingerprint density at radius 1 is 1.24 bits per heavy atom. The summed E-state index contributed by atoms with van der Waals surface area (Å²) in [6.07, 6.45) is 1.79. The van der Waals surface area contributed by atoms with E-state index in [1.54, 1.807) is 6.08 Å². The zero-order valence-corrected chi connectivity index (χ0v) is 11.9. The average molecular weight is 267 g/mol. The third-order valence-corrected chi connectivity index (χ3v) is 4.75. The normalized spacial score (nSPS) is 11.5. The van der Waals surface area contributed by atoms with Gasteiger partial charge in [-0.05, 0) is 11.1 Å². The highest BCUT2D eigenvalue weighted by Gasteiger charge is 2.41. The minimum atomic E-state index is -3.03. The van der Waals surface area contributed by atoms with Crippen molar-refractivity contribution in [3.05, 3.63) is 42.0 Å². The predicted octanol–water partition coefficient (Wildman–Crippen LogP) is 1.67. The van der Waals surface area contributed by atoms with E-state index in [0.29, 0.717) is 6.61 Å². The number of hydrogen-bond acceptors (Lipinski definition) is 4. The van der Waals surface area contributed by atoms with Crippen LogP contribution in [-0.4, -0.2) is 33.8 Å². The van der Waals surface area contributed by atoms with Crippen molar-refractivity contribution in [2.45, 2.75) is 6.61 Å². The van der Waals surface area contributed by atoms with Crippen LogP contribution in [0.2, 0.25) is 0 Å². The molecule has 0 fully saturated rings. The minimum absolute atomic E-state index is 0.357. The monoisotopic (exact) mass is 267 g/mol. The Morgan fingerprint density at radius 2 is 1.82 bits per heavy atom. The molecule has 0 aliphatic rings. The first-order valence-electron chi connectivity index (χ1n) is 5.00. The summed E-state index contributed by atoms with van der Waals surface area (Å²) in [6.45, 7) is 4.05. The molecule has 1 rings (SSSR count). The summed E-state index contributed by atoms with van der Waals surface area (Å²) in [4.78, 5) is 0. The summed E-state index contributed by atoms with van der Waals surface area (Å²) in [6, 6.07) is 7.83. The second kappa shape index (κ2) is 6.85. The van der Waals surface area contributed by atoms with Gasteiger partial charge in [-0.2, -0.15) is 0 Å². The molecule has 0 aliphatic carbocycles. The molecule has 0 amide bonds. The molecular formula is C11H15O4Si2. The average Bonchev–Trinajstić information content (AvgIpc) is 2.41. The third kappa shape index (κ3) is 3.88. The van der Waals surface area contributed by atoms with E-state index in [2.05, 4.69) is 17.1 Å². The maximum atomic E-state index is 5.53. The summed E-state index contributed by atoms with van der Waals surface area (Å²) in [5, 5.41) is 0. The lowest BCUT2D eigenvalue weighted by Gasteiger charge is -2.23. The van der Waals surface area contributed by atoms with E-state index in [0.717, 1.165) is 11.1 Å². The van der Waals surface area contributed by atoms with Crippen LogP contribution in [-0.2, 0) is 24.0 Å². The Hall–Kier alpha value is -0.766. The molecule has 6 heteroatoms. The second-order valence-corrected chi connectivity index (χ2v) is 6.17. The van der Waals surface area contributed by atoms with Gasteiger partial charge in [-0.15, -0.1) is 0 Å². The van der Waals surface area contributed by atoms with Gasteiger partial charge in [-0.1, -0.05) is 36.9 Å². The molecular weight excluding hydrogens is 252 g/mol. The van der Waals surface area contributed by atoms with Crippen molar-refractivity contribution in [1.29, 1.82) is 0 Å². The van der Waals surface area contributed by atoms with E-state index in [9.17, 15) is 0 Å². The molecule has 0 aliphatic heterocycles. The quantitative estimate of drug-likeness (QED) is 0.704. The van der Waals surface area contributed by atoms with Crippen LogP contribution in [0, 0.1) is 0 Å². The molecule has 0 saturated heterocycles. The molecule has 3 radical (unpaired) electrons. The number of benzene rings is 1. The van der Waals surface area contributed by atoms with Crippen molar-refractivity contribution in [1.82, 2.24) is 0 Å². The molecule has 0 bridgehead atoms. The molecule has 17 heavy (non-hydrogen) atoms. The Labute approximate surface area is 106 Å². The number of rotatable bonds is 7. The lowest BCUT2D eigenvalue weighted by molar-refractivity contribution is 0.0288. The van der Waals surface area contributed by atoms with Gasteiger partial charge in [-0.25, -0.2) is 0 Å². The maximum absolute atomic E-state index is 5.53. The summed E-state index contributed by atoms with van der Waals surface area (Å²) in [7, 11) is 2.85. The van der Waals surface area contributed by atoms with Gasteiger partial charge in [-0.3, -0.25) is 0 Å². The van der Waals surface area contributed by atoms with Gasteiger partial charge in [0.15, 0.2) is 0 Å². The van der Waals surface area contributed by atoms with E-state index in [1.165, 1.54) is 14.2 Å². The van der Waals surface area contributed by atoms with E-state index in [4.69, 9.17) is 17.4 Å². The zero-order valence-electron chi connectivity index (χ0n) is 9.93. The fourth-order valence-corrected chi connectivity index (χ4v) is 2.88. The molecule has 0 N–H and O–H groups in total. The van der Waals surface area contributed by atoms with Crippen molar-refractivity contribution in [3.63, 3.8) is 0 Å². The Morgan fingerprint density at radius 3 is 2.24 bits per heavy atom. The fraction of sp³-hybridized carbons (Fsp3) is 0.273. The first-order valence-corrected chi connectivity index (χ1v) is 7.04. The highest BCUT2D eigenvalue weighted by molar-refractivity contribution is 6.57. The van der Waals surface area contributed by atoms with Gasteiger partial charge in [0.2, 0.25) is 10.5 Å². The smallest absolute Gasteiger partial charge is 0.394 e. The van der Waals surface area contributed by atoms with Crippen LogP contribution in [0.25, 0.3) is 6.08 Å². The zero-order chi connectivity index (χ0) is 12.7. The van der Waals surface area contributed by atoms with Crippen LogP contribution < -0.4 is 0 Å². The van der Waals surface area contributed by atoms with Crippen LogP contribution in [0.5, 0.6) is 0 Å². The highest BCUT2D eigenvalue weighted by atomic mass is 28.4. The lowest BCUT2D eigenvalue weighted by atomic mass is 10.1. The Bertz CT molecular complexity index is 341. The molecule has 91 valence electrons. The van der Waals surface area contributed by atoms with Gasteiger partial charge in [0, 0.05) is 14.2 Å². The number of hydrogen-bond donors (Lipinski definition) is 0. The predicted molar refractivity (Wildman–Crippen MR) is 67.9 cm³/mol. The van der Waals surface area contributed by atoms with Crippen LogP contribution in [0.3, 0.4) is 0 Å². The van der Waals surface area contributed by atoms with Crippen LogP contribution in [0.15, 0.2) is 30.8 Å². The van der Waals surface area contributed by atoms with E-state index in [1.807, 2.05) is 24.3 Å². The fourth-order valence-electron chi connectivity index (χ4n) is 1.24. The second-order valence-electron chi connectivity index (χ2n) is 3.24. The van der Waals surface area contributed by atoms with Crippen LogP contribution in [0.4, 0.5) is 0 Å². The molecule has 0 spiro atoms. The summed E-state index contributed by atoms with van der Waals surface area (Å²) in [5.74, 6) is 0. The van der Waals surface area contributed by atoms with Gasteiger partial charge in [0.1, 0.15) is 0 Å². The van der Waals surface area contributed by atoms with Gasteiger partial charge in [0.25, 0.3) is 0 Å². The molecule has 0 unspecified atom stereocenters. The Balaban J connectivity index is 2.62. The molecule has 1 aromatic carbocycles. The van der Waals surface area contributed by atoms with Gasteiger partial charge >= 0.3 is 9.05 Å². The van der Waals surface area contributed by atoms with Crippen molar-refractivity contribution < 1.29 is 17.4 Å². The largest absolute Gasteiger partial charge is 0.668 e. The first-order chi connectivity index (χ1) is 8.19. The third-order valence-electron chi connectivity index (χ3n) is 2.26. The lowest BCUT2D eigenvalue weighted by Crippen LogP contribution is -2.46. The maximum Gasteiger partial charge on any atom is 0.668 e. The van der Waals surface area contributed by atoms with Crippen LogP contribution >= 0.6 is 0 Å². The van der Waals surface area contributed by atoms with Crippen molar-refractivity contribution >= 4 is 25.6 Å². The summed E-state index contributed by atoms with van der Waals surface area (Å²) in [5.41, 5.74) is 2.07. The Kier molecular flexibility index (Phi) is 5.76. The van der Waals surface area contributed by atoms with Crippen LogP contribution in [0.1, 0.15) is 11.1 Å². The van der Waals surface area contributed by atoms with Gasteiger partial charge < -0.3 is 17.4 Å². The molecule has 1 aromatic rings. The topological polar surface area (TPSA) is 36.9 Å². The first kappa shape index (κ1) is 14.3. The van der Waals surface area contributed by atoms with Crippen molar-refractivity contribution in [3.8, 4) is 0 Å². The van der Waals surface area contributed by atoms with Crippen molar-refractivity contribution in [2.75, 3.05) is 14.2 Å². The van der Waals surface area contributed by atoms with E-state index < -0.39 is 9.05 Å². The highest BCUT2D eigenvalue weighted by Crippen LogP contribution is 2.13. The summed E-state index contributed by atoms with van der Waals surface area (Å²) < 4.78 is 20.7. The molecule has 0 saturated carbocycles.